The molecule has 0 atom stereocenters. The normalized spacial score (nSPS) is 10.0. The van der Waals surface area contributed by atoms with Crippen molar-refractivity contribution in [2.75, 3.05) is 12.4 Å². The predicted molar refractivity (Wildman–Crippen MR) is 86.2 cm³/mol. The quantitative estimate of drug-likeness (QED) is 0.796. The molecule has 4 heteroatoms. The van der Waals surface area contributed by atoms with Crippen molar-refractivity contribution < 1.29 is 9.53 Å². The van der Waals surface area contributed by atoms with Crippen LogP contribution in [-0.2, 0) is 0 Å². The van der Waals surface area contributed by atoms with Gasteiger partial charge in [0, 0.05) is 28.0 Å². The molecule has 1 N–H and O–H groups in total. The van der Waals surface area contributed by atoms with E-state index in [4.69, 9.17) is 16.3 Å². The molecule has 0 amide bonds. The van der Waals surface area contributed by atoms with Gasteiger partial charge < -0.3 is 10.1 Å². The van der Waals surface area contributed by atoms with E-state index in [1.54, 1.807) is 31.4 Å². The fourth-order valence-corrected chi connectivity index (χ4v) is 2.01. The lowest BCUT2D eigenvalue weighted by molar-refractivity contribution is 0.0993. The average Bonchev–Trinajstić information content (AvgIpc) is 2.47. The van der Waals surface area contributed by atoms with E-state index in [1.165, 1.54) is 0 Å². The molecule has 0 saturated heterocycles. The third kappa shape index (κ3) is 4.36. The Hall–Kier alpha value is -2.26. The Kier molecular flexibility index (Phi) is 5.01. The van der Waals surface area contributed by atoms with Crippen molar-refractivity contribution in [3.63, 3.8) is 0 Å². The van der Waals surface area contributed by atoms with Gasteiger partial charge >= 0.3 is 0 Å². The molecule has 2 aromatic carbocycles. The highest BCUT2D eigenvalue weighted by atomic mass is 35.5. The van der Waals surface area contributed by atoms with E-state index < -0.39 is 0 Å². The predicted octanol–water partition coefficient (Wildman–Crippen LogP) is 4.55. The summed E-state index contributed by atoms with van der Waals surface area (Å²) in [6.45, 7) is 3.89. The number of nitrogens with one attached hydrogen (secondary N) is 1. The Morgan fingerprint density at radius 3 is 2.62 bits per heavy atom. The van der Waals surface area contributed by atoms with Crippen molar-refractivity contribution in [3.05, 3.63) is 71.4 Å². The third-order valence-corrected chi connectivity index (χ3v) is 3.18. The highest BCUT2D eigenvalue weighted by Crippen LogP contribution is 2.19. The molecular formula is C17H16ClNO2. The van der Waals surface area contributed by atoms with Gasteiger partial charge in [-0.3, -0.25) is 4.79 Å². The minimum Gasteiger partial charge on any atom is -0.497 e. The second-order valence-corrected chi connectivity index (χ2v) is 5.00. The van der Waals surface area contributed by atoms with Gasteiger partial charge in [0.1, 0.15) is 5.75 Å². The van der Waals surface area contributed by atoms with E-state index in [0.717, 1.165) is 11.4 Å². The van der Waals surface area contributed by atoms with E-state index in [2.05, 4.69) is 11.9 Å². The molecule has 0 fully saturated rings. The van der Waals surface area contributed by atoms with Crippen molar-refractivity contribution in [3.8, 4) is 5.75 Å². The van der Waals surface area contributed by atoms with Gasteiger partial charge in [-0.25, -0.2) is 0 Å². The number of Topliss-reactive ketones (excluding diaryl/α,β-unsaturated/α-hetero) is 1. The number of ether oxygens (including phenoxy) is 1. The van der Waals surface area contributed by atoms with Crippen LogP contribution < -0.4 is 10.1 Å². The molecule has 2 rings (SSSR count). The van der Waals surface area contributed by atoms with Crippen LogP contribution in [-0.4, -0.2) is 12.9 Å². The van der Waals surface area contributed by atoms with Crippen LogP contribution in [0, 0.1) is 0 Å². The van der Waals surface area contributed by atoms with Gasteiger partial charge in [-0.1, -0.05) is 24.2 Å². The molecule has 0 aromatic heterocycles. The van der Waals surface area contributed by atoms with E-state index in [9.17, 15) is 4.79 Å². The van der Waals surface area contributed by atoms with E-state index in [1.807, 2.05) is 24.3 Å². The molecule has 3 nitrogen and oxygen atoms in total. The first-order valence-corrected chi connectivity index (χ1v) is 6.84. The zero-order valence-corrected chi connectivity index (χ0v) is 12.5. The molecule has 0 unspecified atom stereocenters. The number of carbonyl (C=O) groups is 1. The SMILES string of the molecule is C=C(CC(=O)c1ccc(Cl)cc1)Nc1cccc(OC)c1. The number of benzene rings is 2. The van der Waals surface area contributed by atoms with Crippen LogP contribution in [0.3, 0.4) is 0 Å². The van der Waals surface area contributed by atoms with Gasteiger partial charge in [0.05, 0.1) is 13.5 Å². The molecule has 0 aliphatic heterocycles. The van der Waals surface area contributed by atoms with E-state index in [0.29, 0.717) is 16.3 Å². The molecule has 0 saturated carbocycles. The maximum atomic E-state index is 12.1. The molecule has 0 aliphatic carbocycles. The van der Waals surface area contributed by atoms with Crippen LogP contribution >= 0.6 is 11.6 Å². The van der Waals surface area contributed by atoms with Crippen LogP contribution in [0.4, 0.5) is 5.69 Å². The summed E-state index contributed by atoms with van der Waals surface area (Å²) >= 11 is 5.80. The van der Waals surface area contributed by atoms with Crippen LogP contribution in [0.25, 0.3) is 0 Å². The minimum absolute atomic E-state index is 0.00735. The number of rotatable bonds is 6. The number of halogens is 1. The van der Waals surface area contributed by atoms with Gasteiger partial charge in [-0.05, 0) is 36.4 Å². The van der Waals surface area contributed by atoms with Crippen molar-refractivity contribution in [1.82, 2.24) is 0 Å². The van der Waals surface area contributed by atoms with Crippen molar-refractivity contribution in [2.24, 2.45) is 0 Å². The number of methoxy groups -OCH3 is 1. The summed E-state index contributed by atoms with van der Waals surface area (Å²) in [6, 6.07) is 14.3. The second-order valence-electron chi connectivity index (χ2n) is 4.57. The fourth-order valence-electron chi connectivity index (χ4n) is 1.88. The summed E-state index contributed by atoms with van der Waals surface area (Å²) in [6.07, 6.45) is 0.221. The van der Waals surface area contributed by atoms with Crippen molar-refractivity contribution in [1.29, 1.82) is 0 Å². The Morgan fingerprint density at radius 1 is 1.24 bits per heavy atom. The molecule has 0 heterocycles. The summed E-state index contributed by atoms with van der Waals surface area (Å²) in [4.78, 5) is 12.1. The van der Waals surface area contributed by atoms with E-state index in [-0.39, 0.29) is 12.2 Å². The zero-order chi connectivity index (χ0) is 15.2. The molecule has 108 valence electrons. The Bertz CT molecular complexity index is 650. The van der Waals surface area contributed by atoms with Gasteiger partial charge in [0.25, 0.3) is 0 Å². The van der Waals surface area contributed by atoms with Crippen molar-refractivity contribution >= 4 is 23.1 Å². The fraction of sp³-hybridized carbons (Fsp3) is 0.118. The highest BCUT2D eigenvalue weighted by molar-refractivity contribution is 6.30. The largest absolute Gasteiger partial charge is 0.497 e. The Labute approximate surface area is 129 Å². The van der Waals surface area contributed by atoms with Crippen molar-refractivity contribution in [2.45, 2.75) is 6.42 Å². The molecule has 0 spiro atoms. The molecule has 2 aromatic rings. The number of hydrogen-bond donors (Lipinski definition) is 1. The zero-order valence-electron chi connectivity index (χ0n) is 11.7. The minimum atomic E-state index is -0.00735. The maximum Gasteiger partial charge on any atom is 0.168 e. The first-order chi connectivity index (χ1) is 10.1. The number of anilines is 1. The summed E-state index contributed by atoms with van der Waals surface area (Å²) < 4.78 is 5.15. The van der Waals surface area contributed by atoms with Crippen LogP contribution in [0.5, 0.6) is 5.75 Å². The highest BCUT2D eigenvalue weighted by Gasteiger charge is 2.08. The number of allylic oxidation sites excluding steroid dienone is 1. The molecule has 0 bridgehead atoms. The first kappa shape index (κ1) is 15.1. The van der Waals surface area contributed by atoms with Gasteiger partial charge in [-0.2, -0.15) is 0 Å². The van der Waals surface area contributed by atoms with E-state index >= 15 is 0 Å². The van der Waals surface area contributed by atoms with Gasteiger partial charge in [0.15, 0.2) is 5.78 Å². The summed E-state index contributed by atoms with van der Waals surface area (Å²) in [5.41, 5.74) is 2.08. The van der Waals surface area contributed by atoms with Gasteiger partial charge in [-0.15, -0.1) is 0 Å². The summed E-state index contributed by atoms with van der Waals surface area (Å²) in [5, 5.41) is 3.72. The topological polar surface area (TPSA) is 38.3 Å². The molecule has 0 radical (unpaired) electrons. The Balaban J connectivity index is 1.97. The second kappa shape index (κ2) is 6.95. The first-order valence-electron chi connectivity index (χ1n) is 6.46. The number of ketones is 1. The lowest BCUT2D eigenvalue weighted by Gasteiger charge is -2.10. The maximum absolute atomic E-state index is 12.1. The number of hydrogen-bond acceptors (Lipinski definition) is 3. The lowest BCUT2D eigenvalue weighted by atomic mass is 10.1. The molecule has 21 heavy (non-hydrogen) atoms. The van der Waals surface area contributed by atoms with Crippen LogP contribution in [0.15, 0.2) is 60.8 Å². The van der Waals surface area contributed by atoms with Crippen LogP contribution in [0.1, 0.15) is 16.8 Å². The monoisotopic (exact) mass is 301 g/mol. The summed E-state index contributed by atoms with van der Waals surface area (Å²) in [5.74, 6) is 0.740. The standard InChI is InChI=1S/C17H16ClNO2/c1-12(19-15-4-3-5-16(11-15)21-2)10-17(20)13-6-8-14(18)9-7-13/h3-9,11,19H,1,10H2,2H3. The van der Waals surface area contributed by atoms with Crippen LogP contribution in [0.2, 0.25) is 5.02 Å². The Morgan fingerprint density at radius 2 is 1.95 bits per heavy atom. The molecule has 0 aliphatic rings. The third-order valence-electron chi connectivity index (χ3n) is 2.93. The van der Waals surface area contributed by atoms with Gasteiger partial charge in [0.2, 0.25) is 0 Å². The summed E-state index contributed by atoms with van der Waals surface area (Å²) in [7, 11) is 1.61. The smallest absolute Gasteiger partial charge is 0.168 e. The molecular weight excluding hydrogens is 286 g/mol. The average molecular weight is 302 g/mol. The number of carbonyl (C=O) groups excluding carboxylic acids is 1. The lowest BCUT2D eigenvalue weighted by Crippen LogP contribution is -2.06.